The first-order valence-corrected chi connectivity index (χ1v) is 4.02. The minimum absolute atomic E-state index is 0.338. The maximum Gasteiger partial charge on any atom is 0.136 e. The van der Waals surface area contributed by atoms with Crippen LogP contribution in [0.15, 0.2) is 0 Å². The molecule has 0 heterocycles. The van der Waals surface area contributed by atoms with Crippen LogP contribution in [0, 0.1) is 11.8 Å². The second kappa shape index (κ2) is 3.15. The summed E-state index contributed by atoms with van der Waals surface area (Å²) < 4.78 is 0. The van der Waals surface area contributed by atoms with Crippen LogP contribution in [0.5, 0.6) is 0 Å². The summed E-state index contributed by atoms with van der Waals surface area (Å²) in [5.74, 6) is 1.29. The Balaban J connectivity index is 2.19. The molecule has 0 aromatic heterocycles. The van der Waals surface area contributed by atoms with Crippen molar-refractivity contribution in [3.05, 3.63) is 0 Å². The van der Waals surface area contributed by atoms with Crippen LogP contribution in [0.1, 0.15) is 26.2 Å². The molecule has 1 aliphatic rings. The van der Waals surface area contributed by atoms with Gasteiger partial charge >= 0.3 is 0 Å². The molecule has 0 aromatic rings. The van der Waals surface area contributed by atoms with E-state index in [1.165, 1.54) is 0 Å². The van der Waals surface area contributed by atoms with Crippen molar-refractivity contribution < 1.29 is 4.79 Å². The van der Waals surface area contributed by atoms with E-state index in [0.717, 1.165) is 19.3 Å². The van der Waals surface area contributed by atoms with E-state index in [1.807, 2.05) is 6.92 Å². The highest BCUT2D eigenvalue weighted by atomic mass is 16.1. The van der Waals surface area contributed by atoms with Gasteiger partial charge in [-0.2, -0.15) is 0 Å². The summed E-state index contributed by atoms with van der Waals surface area (Å²) in [6, 6.07) is 0. The van der Waals surface area contributed by atoms with Gasteiger partial charge in [0.05, 0.1) is 0 Å². The first-order chi connectivity index (χ1) is 4.79. The Bertz CT molecular complexity index is 133. The van der Waals surface area contributed by atoms with Gasteiger partial charge in [-0.15, -0.1) is 0 Å². The van der Waals surface area contributed by atoms with Crippen LogP contribution in [0.4, 0.5) is 0 Å². The fourth-order valence-corrected chi connectivity index (χ4v) is 1.33. The van der Waals surface area contributed by atoms with E-state index in [1.54, 1.807) is 0 Å². The standard InChI is InChI=1S/C8H15NO/c1-2-3-8(10)7-4-6(7)5-9/h6-7H,2-5,9H2,1H3/t6-,7-/m0/s1. The fourth-order valence-electron chi connectivity index (χ4n) is 1.33. The SMILES string of the molecule is CCCC(=O)[C@H]1C[C@H]1CN. The maximum absolute atomic E-state index is 11.1. The summed E-state index contributed by atoms with van der Waals surface area (Å²) in [4.78, 5) is 11.1. The van der Waals surface area contributed by atoms with Gasteiger partial charge in [0.2, 0.25) is 0 Å². The van der Waals surface area contributed by atoms with Crippen LogP contribution in [-0.2, 0) is 4.79 Å². The zero-order chi connectivity index (χ0) is 7.56. The topological polar surface area (TPSA) is 43.1 Å². The van der Waals surface area contributed by atoms with Crippen LogP contribution < -0.4 is 5.73 Å². The number of carbonyl (C=O) groups excluding carboxylic acids is 1. The molecule has 0 unspecified atom stereocenters. The molecule has 58 valence electrons. The number of carbonyl (C=O) groups is 1. The van der Waals surface area contributed by atoms with Crippen molar-refractivity contribution in [1.29, 1.82) is 0 Å². The van der Waals surface area contributed by atoms with E-state index < -0.39 is 0 Å². The van der Waals surface area contributed by atoms with E-state index in [2.05, 4.69) is 0 Å². The van der Waals surface area contributed by atoms with Gasteiger partial charge in [0, 0.05) is 12.3 Å². The lowest BCUT2D eigenvalue weighted by molar-refractivity contribution is -0.120. The van der Waals surface area contributed by atoms with Crippen molar-refractivity contribution in [3.8, 4) is 0 Å². The van der Waals surface area contributed by atoms with E-state index >= 15 is 0 Å². The summed E-state index contributed by atoms with van der Waals surface area (Å²) >= 11 is 0. The predicted molar refractivity (Wildman–Crippen MR) is 40.6 cm³/mol. The fraction of sp³-hybridized carbons (Fsp3) is 0.875. The van der Waals surface area contributed by atoms with Gasteiger partial charge in [-0.05, 0) is 25.3 Å². The molecule has 1 fully saturated rings. The first-order valence-electron chi connectivity index (χ1n) is 4.02. The largest absolute Gasteiger partial charge is 0.330 e. The Morgan fingerprint density at radius 2 is 2.40 bits per heavy atom. The minimum Gasteiger partial charge on any atom is -0.330 e. The molecule has 2 heteroatoms. The molecule has 0 bridgehead atoms. The van der Waals surface area contributed by atoms with Crippen LogP contribution in [-0.4, -0.2) is 12.3 Å². The van der Waals surface area contributed by atoms with Gasteiger partial charge in [0.1, 0.15) is 5.78 Å². The van der Waals surface area contributed by atoms with Crippen molar-refractivity contribution in [3.63, 3.8) is 0 Å². The third-order valence-electron chi connectivity index (χ3n) is 2.14. The molecule has 2 nitrogen and oxygen atoms in total. The number of ketones is 1. The van der Waals surface area contributed by atoms with Crippen LogP contribution in [0.3, 0.4) is 0 Å². The predicted octanol–water partition coefficient (Wildman–Crippen LogP) is 0.950. The average molecular weight is 141 g/mol. The second-order valence-corrected chi connectivity index (χ2v) is 3.05. The van der Waals surface area contributed by atoms with Crippen LogP contribution in [0.2, 0.25) is 0 Å². The van der Waals surface area contributed by atoms with Crippen molar-refractivity contribution in [1.82, 2.24) is 0 Å². The highest BCUT2D eigenvalue weighted by molar-refractivity contribution is 5.83. The third-order valence-corrected chi connectivity index (χ3v) is 2.14. The van der Waals surface area contributed by atoms with E-state index in [-0.39, 0.29) is 0 Å². The highest BCUT2D eigenvalue weighted by Gasteiger charge is 2.40. The monoisotopic (exact) mass is 141 g/mol. The number of hydrogen-bond donors (Lipinski definition) is 1. The lowest BCUT2D eigenvalue weighted by Crippen LogP contribution is -2.07. The van der Waals surface area contributed by atoms with Gasteiger partial charge in [-0.1, -0.05) is 6.92 Å². The van der Waals surface area contributed by atoms with Crippen molar-refractivity contribution in [2.24, 2.45) is 17.6 Å². The zero-order valence-electron chi connectivity index (χ0n) is 6.47. The van der Waals surface area contributed by atoms with Crippen molar-refractivity contribution >= 4 is 5.78 Å². The Kier molecular flexibility index (Phi) is 2.44. The lowest BCUT2D eigenvalue weighted by Gasteiger charge is -1.93. The zero-order valence-corrected chi connectivity index (χ0v) is 6.47. The third kappa shape index (κ3) is 1.57. The van der Waals surface area contributed by atoms with Gasteiger partial charge in [-0.3, -0.25) is 4.79 Å². The van der Waals surface area contributed by atoms with Crippen LogP contribution in [0.25, 0.3) is 0 Å². The molecule has 2 N–H and O–H groups in total. The molecule has 1 saturated carbocycles. The van der Waals surface area contributed by atoms with Gasteiger partial charge in [0.15, 0.2) is 0 Å². The summed E-state index contributed by atoms with van der Waals surface area (Å²) in [5, 5.41) is 0. The van der Waals surface area contributed by atoms with Gasteiger partial charge in [0.25, 0.3) is 0 Å². The Hall–Kier alpha value is -0.370. The van der Waals surface area contributed by atoms with Crippen molar-refractivity contribution in [2.75, 3.05) is 6.54 Å². The van der Waals surface area contributed by atoms with E-state index in [0.29, 0.717) is 24.2 Å². The Morgan fingerprint density at radius 3 is 2.80 bits per heavy atom. The van der Waals surface area contributed by atoms with Crippen molar-refractivity contribution in [2.45, 2.75) is 26.2 Å². The van der Waals surface area contributed by atoms with Gasteiger partial charge < -0.3 is 5.73 Å². The van der Waals surface area contributed by atoms with Gasteiger partial charge in [-0.25, -0.2) is 0 Å². The first kappa shape index (κ1) is 7.73. The summed E-state index contributed by atoms with van der Waals surface area (Å²) in [7, 11) is 0. The lowest BCUT2D eigenvalue weighted by atomic mass is 10.1. The molecule has 1 aliphatic carbocycles. The molecule has 0 amide bonds. The number of nitrogens with two attached hydrogens (primary N) is 1. The van der Waals surface area contributed by atoms with E-state index in [4.69, 9.17) is 5.73 Å². The number of hydrogen-bond acceptors (Lipinski definition) is 2. The quantitative estimate of drug-likeness (QED) is 0.633. The number of Topliss-reactive ketones (excluding diaryl/α,β-unsaturated/α-hetero) is 1. The molecule has 10 heavy (non-hydrogen) atoms. The normalized spacial score (nSPS) is 30.2. The smallest absolute Gasteiger partial charge is 0.136 e. The molecular weight excluding hydrogens is 126 g/mol. The molecule has 0 saturated heterocycles. The minimum atomic E-state index is 0.338. The molecule has 0 aliphatic heterocycles. The molecule has 0 spiro atoms. The maximum atomic E-state index is 11.1. The molecule has 0 radical (unpaired) electrons. The summed E-state index contributed by atoms with van der Waals surface area (Å²) in [5.41, 5.74) is 5.41. The molecular formula is C8H15NO. The molecule has 1 rings (SSSR count). The highest BCUT2D eigenvalue weighted by Crippen LogP contribution is 2.38. The van der Waals surface area contributed by atoms with Crippen LogP contribution >= 0.6 is 0 Å². The molecule has 0 aromatic carbocycles. The average Bonchev–Trinajstić information content (AvgIpc) is 2.66. The number of rotatable bonds is 4. The Morgan fingerprint density at radius 1 is 1.70 bits per heavy atom. The Labute approximate surface area is 61.8 Å². The summed E-state index contributed by atoms with van der Waals surface area (Å²) in [6.07, 6.45) is 2.78. The second-order valence-electron chi connectivity index (χ2n) is 3.05. The van der Waals surface area contributed by atoms with E-state index in [9.17, 15) is 4.79 Å². The summed E-state index contributed by atoms with van der Waals surface area (Å²) in [6.45, 7) is 2.73. The molecule has 2 atom stereocenters.